The van der Waals surface area contributed by atoms with Crippen molar-refractivity contribution in [2.24, 2.45) is 0 Å². The Morgan fingerprint density at radius 3 is 2.54 bits per heavy atom. The van der Waals surface area contributed by atoms with Crippen LogP contribution in [0.1, 0.15) is 15.9 Å². The lowest BCUT2D eigenvalue weighted by Gasteiger charge is -2.35. The number of piperazine rings is 1. The number of hydrogen-bond donors (Lipinski definition) is 0. The highest BCUT2D eigenvalue weighted by Crippen LogP contribution is 2.38. The molecule has 4 rings (SSSR count). The Morgan fingerprint density at radius 2 is 1.79 bits per heavy atom. The lowest BCUT2D eigenvalue weighted by atomic mass is 10.1. The van der Waals surface area contributed by atoms with E-state index in [1.165, 1.54) is 6.07 Å². The molecular weight excluding hydrogens is 406 g/mol. The molecule has 1 fully saturated rings. The zero-order valence-corrected chi connectivity index (χ0v) is 16.6. The van der Waals surface area contributed by atoms with E-state index in [1.807, 2.05) is 0 Å². The average Bonchev–Trinajstić information content (AvgIpc) is 2.71. The maximum absolute atomic E-state index is 14.0. The van der Waals surface area contributed by atoms with Crippen molar-refractivity contribution >= 4 is 29.1 Å². The highest BCUT2D eigenvalue weighted by Gasteiger charge is 2.26. The van der Waals surface area contributed by atoms with E-state index in [4.69, 9.17) is 32.7 Å². The molecule has 2 aromatic carbocycles. The zero-order valence-electron chi connectivity index (χ0n) is 15.1. The Morgan fingerprint density at radius 1 is 1.04 bits per heavy atom. The second-order valence-corrected chi connectivity index (χ2v) is 7.57. The molecule has 2 aromatic rings. The standard InChI is InChI=1S/C20H19Cl2FN2O3/c21-15-2-1-3-17(23)14(15)12-24-4-6-25(7-5-24)20(26)13-10-16(22)19-18(11-13)27-8-9-28-19/h1-3,10-11H,4-9,12H2. The van der Waals surface area contributed by atoms with Crippen LogP contribution in [0.5, 0.6) is 11.5 Å². The van der Waals surface area contributed by atoms with Gasteiger partial charge in [0.15, 0.2) is 11.5 Å². The fourth-order valence-electron chi connectivity index (χ4n) is 3.43. The molecule has 0 radical (unpaired) electrons. The largest absolute Gasteiger partial charge is 0.486 e. The van der Waals surface area contributed by atoms with E-state index < -0.39 is 0 Å². The lowest BCUT2D eigenvalue weighted by molar-refractivity contribution is 0.0626. The molecule has 0 N–H and O–H groups in total. The summed E-state index contributed by atoms with van der Waals surface area (Å²) >= 11 is 12.4. The number of halogens is 3. The predicted molar refractivity (Wildman–Crippen MR) is 105 cm³/mol. The molecule has 1 amide bonds. The number of nitrogens with zero attached hydrogens (tertiary/aromatic N) is 2. The molecule has 2 heterocycles. The number of amides is 1. The molecule has 2 aliphatic heterocycles. The van der Waals surface area contributed by atoms with Crippen LogP contribution in [0.4, 0.5) is 4.39 Å². The molecule has 5 nitrogen and oxygen atoms in total. The number of hydrogen-bond acceptors (Lipinski definition) is 4. The Labute approximate surface area is 172 Å². The quantitative estimate of drug-likeness (QED) is 0.749. The van der Waals surface area contributed by atoms with Gasteiger partial charge in [0, 0.05) is 48.9 Å². The van der Waals surface area contributed by atoms with Crippen LogP contribution in [0.15, 0.2) is 30.3 Å². The van der Waals surface area contributed by atoms with Crippen LogP contribution in [-0.4, -0.2) is 55.1 Å². The average molecular weight is 425 g/mol. The SMILES string of the molecule is O=C(c1cc(Cl)c2c(c1)OCCO2)N1CCN(Cc2c(F)cccc2Cl)CC1. The van der Waals surface area contributed by atoms with Crippen molar-refractivity contribution in [3.05, 3.63) is 57.3 Å². The minimum absolute atomic E-state index is 0.109. The molecule has 0 bridgehead atoms. The molecular formula is C20H19Cl2FN2O3. The van der Waals surface area contributed by atoms with Crippen molar-refractivity contribution in [2.45, 2.75) is 6.54 Å². The lowest BCUT2D eigenvalue weighted by Crippen LogP contribution is -2.48. The normalized spacial score (nSPS) is 16.9. The molecule has 0 aliphatic carbocycles. The van der Waals surface area contributed by atoms with Gasteiger partial charge in [-0.25, -0.2) is 4.39 Å². The van der Waals surface area contributed by atoms with Gasteiger partial charge in [0.1, 0.15) is 19.0 Å². The van der Waals surface area contributed by atoms with Crippen molar-refractivity contribution < 1.29 is 18.7 Å². The van der Waals surface area contributed by atoms with Crippen LogP contribution < -0.4 is 9.47 Å². The highest BCUT2D eigenvalue weighted by atomic mass is 35.5. The van der Waals surface area contributed by atoms with Crippen molar-refractivity contribution in [3.63, 3.8) is 0 Å². The first kappa shape index (κ1) is 19.3. The number of rotatable bonds is 3. The van der Waals surface area contributed by atoms with Crippen LogP contribution in [0, 0.1) is 5.82 Å². The summed E-state index contributed by atoms with van der Waals surface area (Å²) in [5, 5.41) is 0.790. The summed E-state index contributed by atoms with van der Waals surface area (Å²) in [7, 11) is 0. The maximum Gasteiger partial charge on any atom is 0.254 e. The smallest absolute Gasteiger partial charge is 0.254 e. The molecule has 28 heavy (non-hydrogen) atoms. The molecule has 8 heteroatoms. The van der Waals surface area contributed by atoms with Crippen LogP contribution in [-0.2, 0) is 6.54 Å². The zero-order chi connectivity index (χ0) is 19.7. The predicted octanol–water partition coefficient (Wildman–Crippen LogP) is 3.86. The second kappa shape index (κ2) is 8.15. The molecule has 0 unspecified atom stereocenters. The summed E-state index contributed by atoms with van der Waals surface area (Å²) in [6.07, 6.45) is 0. The summed E-state index contributed by atoms with van der Waals surface area (Å²) in [5.41, 5.74) is 0.961. The topological polar surface area (TPSA) is 42.0 Å². The first-order valence-electron chi connectivity index (χ1n) is 9.06. The van der Waals surface area contributed by atoms with Gasteiger partial charge >= 0.3 is 0 Å². The highest BCUT2D eigenvalue weighted by molar-refractivity contribution is 6.32. The van der Waals surface area contributed by atoms with Gasteiger partial charge < -0.3 is 14.4 Å². The Balaban J connectivity index is 1.41. The first-order chi connectivity index (χ1) is 13.5. The first-order valence-corrected chi connectivity index (χ1v) is 9.82. The van der Waals surface area contributed by atoms with Gasteiger partial charge in [-0.2, -0.15) is 0 Å². The van der Waals surface area contributed by atoms with Gasteiger partial charge in [-0.3, -0.25) is 9.69 Å². The van der Waals surface area contributed by atoms with Crippen molar-refractivity contribution in [2.75, 3.05) is 39.4 Å². The summed E-state index contributed by atoms with van der Waals surface area (Å²) in [6, 6.07) is 7.98. The number of carbonyl (C=O) groups excluding carboxylic acids is 1. The Kier molecular flexibility index (Phi) is 5.62. The van der Waals surface area contributed by atoms with E-state index in [2.05, 4.69) is 4.90 Å². The number of ether oxygens (including phenoxy) is 2. The van der Waals surface area contributed by atoms with Crippen molar-refractivity contribution in [1.29, 1.82) is 0 Å². The monoisotopic (exact) mass is 424 g/mol. The van der Waals surface area contributed by atoms with Gasteiger partial charge in [0.25, 0.3) is 5.91 Å². The molecule has 148 valence electrons. The summed E-state index contributed by atoms with van der Waals surface area (Å²) in [5.74, 6) is 0.561. The minimum Gasteiger partial charge on any atom is -0.486 e. The molecule has 2 aliphatic rings. The van der Waals surface area contributed by atoms with Crippen molar-refractivity contribution in [1.82, 2.24) is 9.80 Å². The third-order valence-corrected chi connectivity index (χ3v) is 5.58. The molecule has 0 aromatic heterocycles. The van der Waals surface area contributed by atoms with E-state index in [0.29, 0.717) is 78.6 Å². The minimum atomic E-state index is -0.308. The van der Waals surface area contributed by atoms with Crippen molar-refractivity contribution in [3.8, 4) is 11.5 Å². The third-order valence-electron chi connectivity index (χ3n) is 4.95. The van der Waals surface area contributed by atoms with Gasteiger partial charge in [-0.1, -0.05) is 29.3 Å². The van der Waals surface area contributed by atoms with Gasteiger partial charge in [-0.15, -0.1) is 0 Å². The molecule has 1 saturated heterocycles. The van der Waals surface area contributed by atoms with Crippen LogP contribution in [0.2, 0.25) is 10.0 Å². The summed E-state index contributed by atoms with van der Waals surface area (Å²) in [6.45, 7) is 3.63. The second-order valence-electron chi connectivity index (χ2n) is 6.75. The number of carbonyl (C=O) groups is 1. The Hall–Kier alpha value is -2.02. The van der Waals surface area contributed by atoms with E-state index in [0.717, 1.165) is 0 Å². The maximum atomic E-state index is 14.0. The molecule has 0 atom stereocenters. The van der Waals surface area contributed by atoms with Crippen LogP contribution in [0.3, 0.4) is 0 Å². The summed E-state index contributed by atoms with van der Waals surface area (Å²) < 4.78 is 25.0. The van der Waals surface area contributed by atoms with E-state index >= 15 is 0 Å². The number of benzene rings is 2. The van der Waals surface area contributed by atoms with Gasteiger partial charge in [0.05, 0.1) is 5.02 Å². The van der Waals surface area contributed by atoms with Crippen LogP contribution >= 0.6 is 23.2 Å². The fraction of sp³-hybridized carbons (Fsp3) is 0.350. The third kappa shape index (κ3) is 3.90. The van der Waals surface area contributed by atoms with Crippen LogP contribution in [0.25, 0.3) is 0 Å². The Bertz CT molecular complexity index is 881. The van der Waals surface area contributed by atoms with E-state index in [-0.39, 0.29) is 11.7 Å². The van der Waals surface area contributed by atoms with E-state index in [1.54, 1.807) is 29.2 Å². The molecule has 0 spiro atoms. The summed E-state index contributed by atoms with van der Waals surface area (Å²) in [4.78, 5) is 16.7. The van der Waals surface area contributed by atoms with Gasteiger partial charge in [0.2, 0.25) is 0 Å². The number of fused-ring (bicyclic) bond motifs is 1. The molecule has 0 saturated carbocycles. The fourth-order valence-corrected chi connectivity index (χ4v) is 3.92. The van der Waals surface area contributed by atoms with Gasteiger partial charge in [-0.05, 0) is 24.3 Å². The van der Waals surface area contributed by atoms with E-state index in [9.17, 15) is 9.18 Å².